The Morgan fingerprint density at radius 2 is 1.94 bits per heavy atom. The molecule has 1 aromatic carbocycles. The number of nitrogens with zero attached hydrogens (tertiary/aromatic N) is 4. The van der Waals surface area contributed by atoms with Crippen molar-refractivity contribution >= 4 is 16.8 Å². The quantitative estimate of drug-likeness (QED) is 0.567. The minimum atomic E-state index is -0.575. The number of piperidine rings is 1. The first kappa shape index (κ1) is 24.3. The second-order valence-corrected chi connectivity index (χ2v) is 9.94. The zero-order chi connectivity index (χ0) is 25.1. The lowest BCUT2D eigenvalue weighted by molar-refractivity contribution is 0.0714. The topological polar surface area (TPSA) is 102 Å². The van der Waals surface area contributed by atoms with Gasteiger partial charge in [0, 0.05) is 37.4 Å². The molecule has 3 heterocycles. The predicted molar refractivity (Wildman–Crippen MR) is 133 cm³/mol. The first-order valence-electron chi connectivity index (χ1n) is 12.6. The highest BCUT2D eigenvalue weighted by Crippen LogP contribution is 2.35. The molecule has 5 rings (SSSR count). The number of carbonyl (C=O) groups excluding carboxylic acids is 1. The number of nitriles is 1. The molecule has 0 unspecified atom stereocenters. The molecule has 1 amide bonds. The van der Waals surface area contributed by atoms with Gasteiger partial charge in [0.1, 0.15) is 17.0 Å². The number of likely N-dealkylation sites (tertiary alicyclic amines) is 1. The Labute approximate surface area is 210 Å². The molecule has 2 aliphatic rings. The summed E-state index contributed by atoms with van der Waals surface area (Å²) in [5.74, 6) is -0.867. The lowest BCUT2D eigenvalue weighted by Crippen LogP contribution is -2.45. The summed E-state index contributed by atoms with van der Waals surface area (Å²) in [7, 11) is 0. The van der Waals surface area contributed by atoms with E-state index in [0.29, 0.717) is 50.7 Å². The number of halogens is 1. The van der Waals surface area contributed by atoms with E-state index in [0.717, 1.165) is 24.0 Å². The largest absolute Gasteiger partial charge is 0.391 e. The Balaban J connectivity index is 1.38. The third kappa shape index (κ3) is 4.81. The Bertz CT molecular complexity index is 1280. The fourth-order valence-electron chi connectivity index (χ4n) is 5.52. The second kappa shape index (κ2) is 10.3. The number of aliphatic hydroxyl groups excluding tert-OH is 1. The van der Waals surface area contributed by atoms with E-state index in [1.165, 1.54) is 6.07 Å². The fourth-order valence-corrected chi connectivity index (χ4v) is 5.52. The summed E-state index contributed by atoms with van der Waals surface area (Å²) in [5.41, 5.74) is 1.59. The van der Waals surface area contributed by atoms with Gasteiger partial charge < -0.3 is 10.4 Å². The van der Waals surface area contributed by atoms with E-state index < -0.39 is 23.2 Å². The van der Waals surface area contributed by atoms with Gasteiger partial charge in [0.05, 0.1) is 23.6 Å². The van der Waals surface area contributed by atoms with Crippen molar-refractivity contribution < 1.29 is 14.3 Å². The maximum atomic E-state index is 14.8. The van der Waals surface area contributed by atoms with Crippen LogP contribution >= 0.6 is 0 Å². The number of para-hydroxylation sites is 1. The molecular formula is C28H30FN5O2. The van der Waals surface area contributed by atoms with Crippen LogP contribution in [0.3, 0.4) is 0 Å². The Morgan fingerprint density at radius 1 is 1.19 bits per heavy atom. The molecule has 1 aliphatic heterocycles. The van der Waals surface area contributed by atoms with Crippen molar-refractivity contribution in [1.82, 2.24) is 20.2 Å². The van der Waals surface area contributed by atoms with Gasteiger partial charge >= 0.3 is 0 Å². The van der Waals surface area contributed by atoms with Crippen LogP contribution in [0.2, 0.25) is 0 Å². The zero-order valence-corrected chi connectivity index (χ0v) is 20.2. The lowest BCUT2D eigenvalue weighted by Gasteiger charge is -2.37. The average Bonchev–Trinajstić information content (AvgIpc) is 2.91. The van der Waals surface area contributed by atoms with Gasteiger partial charge in [0.2, 0.25) is 0 Å². The summed E-state index contributed by atoms with van der Waals surface area (Å²) < 4.78 is 14.8. The Morgan fingerprint density at radius 3 is 2.67 bits per heavy atom. The maximum Gasteiger partial charge on any atom is 0.270 e. The minimum Gasteiger partial charge on any atom is -0.391 e. The molecule has 0 radical (unpaired) electrons. The number of benzene rings is 1. The highest BCUT2D eigenvalue weighted by atomic mass is 19.1. The van der Waals surface area contributed by atoms with Crippen molar-refractivity contribution in [2.75, 3.05) is 13.1 Å². The number of pyridine rings is 2. The number of amides is 1. The molecule has 1 saturated carbocycles. The van der Waals surface area contributed by atoms with Crippen LogP contribution in [0, 0.1) is 17.1 Å². The summed E-state index contributed by atoms with van der Waals surface area (Å²) >= 11 is 0. The molecule has 3 aromatic rings. The van der Waals surface area contributed by atoms with Gasteiger partial charge in [-0.1, -0.05) is 25.0 Å². The van der Waals surface area contributed by atoms with Crippen molar-refractivity contribution in [3.63, 3.8) is 0 Å². The van der Waals surface area contributed by atoms with Crippen LogP contribution in [-0.2, 0) is 12.0 Å². The van der Waals surface area contributed by atoms with E-state index in [2.05, 4.69) is 26.3 Å². The van der Waals surface area contributed by atoms with Gasteiger partial charge in [-0.2, -0.15) is 5.26 Å². The number of nitrogens with one attached hydrogen (secondary N) is 1. The first-order valence-corrected chi connectivity index (χ1v) is 12.6. The van der Waals surface area contributed by atoms with Crippen molar-refractivity contribution in [2.45, 2.75) is 62.6 Å². The van der Waals surface area contributed by atoms with Gasteiger partial charge in [-0.25, -0.2) is 9.37 Å². The van der Waals surface area contributed by atoms with Crippen LogP contribution in [0.15, 0.2) is 48.8 Å². The van der Waals surface area contributed by atoms with Gasteiger partial charge in [-0.3, -0.25) is 14.7 Å². The molecule has 7 nitrogen and oxygen atoms in total. The molecule has 2 N–H and O–H groups in total. The summed E-state index contributed by atoms with van der Waals surface area (Å²) in [6.07, 6.45) is 7.49. The van der Waals surface area contributed by atoms with Crippen molar-refractivity contribution in [2.24, 2.45) is 0 Å². The Hall–Kier alpha value is -3.41. The van der Waals surface area contributed by atoms with E-state index in [9.17, 15) is 19.6 Å². The normalized spacial score (nSPS) is 22.1. The predicted octanol–water partition coefficient (Wildman–Crippen LogP) is 3.86. The first-order chi connectivity index (χ1) is 17.5. The third-order valence-electron chi connectivity index (χ3n) is 7.71. The SMILES string of the molecule is N#CC1(c2ccncc2)CCN(Cc2cc(C(=O)N[C@H]3CCCC[C@@H]3O)nc3c(F)cccc23)CC1. The molecular weight excluding hydrogens is 457 g/mol. The molecule has 2 aromatic heterocycles. The standard InChI is InChI=1S/C28H30FN5O2/c29-22-5-3-4-21-19(16-24(32-26(21)22)27(36)33-23-6-1-2-7-25(23)35)17-34-14-10-28(18-30,11-15-34)20-8-12-31-13-9-20/h3-5,8-9,12-13,16,23,25,35H,1-2,6-7,10-11,14-15,17H2,(H,33,36)/t23-,25-/m0/s1. The molecule has 1 saturated heterocycles. The maximum absolute atomic E-state index is 14.8. The number of aliphatic hydroxyl groups is 1. The van der Waals surface area contributed by atoms with Gasteiger partial charge in [-0.15, -0.1) is 0 Å². The number of carbonyl (C=O) groups is 1. The highest BCUT2D eigenvalue weighted by molar-refractivity contribution is 5.96. The molecule has 1 aliphatic carbocycles. The lowest BCUT2D eigenvalue weighted by atomic mass is 9.74. The van der Waals surface area contributed by atoms with Crippen LogP contribution < -0.4 is 5.32 Å². The number of hydrogen-bond donors (Lipinski definition) is 2. The van der Waals surface area contributed by atoms with Crippen LogP contribution in [0.25, 0.3) is 10.9 Å². The van der Waals surface area contributed by atoms with E-state index in [1.54, 1.807) is 24.5 Å². The van der Waals surface area contributed by atoms with Gasteiger partial charge in [0.25, 0.3) is 5.91 Å². The third-order valence-corrected chi connectivity index (χ3v) is 7.71. The van der Waals surface area contributed by atoms with Crippen LogP contribution in [-0.4, -0.2) is 51.1 Å². The van der Waals surface area contributed by atoms with E-state index in [4.69, 9.17) is 0 Å². The summed E-state index contributed by atoms with van der Waals surface area (Å²) in [4.78, 5) is 23.7. The van der Waals surface area contributed by atoms with Crippen LogP contribution in [0.1, 0.15) is 60.1 Å². The molecule has 0 spiro atoms. The molecule has 36 heavy (non-hydrogen) atoms. The van der Waals surface area contributed by atoms with Gasteiger partial charge in [0.15, 0.2) is 0 Å². The molecule has 0 bridgehead atoms. The highest BCUT2D eigenvalue weighted by Gasteiger charge is 2.36. The summed E-state index contributed by atoms with van der Waals surface area (Å²) in [5, 5.41) is 23.8. The summed E-state index contributed by atoms with van der Waals surface area (Å²) in [6, 6.07) is 12.6. The smallest absolute Gasteiger partial charge is 0.270 e. The average molecular weight is 488 g/mol. The van der Waals surface area contributed by atoms with Crippen molar-refractivity contribution in [3.05, 3.63) is 71.4 Å². The molecule has 186 valence electrons. The van der Waals surface area contributed by atoms with Gasteiger partial charge in [-0.05, 0) is 61.1 Å². The van der Waals surface area contributed by atoms with E-state index in [-0.39, 0.29) is 17.3 Å². The van der Waals surface area contributed by atoms with Crippen molar-refractivity contribution in [3.8, 4) is 6.07 Å². The molecule has 8 heteroatoms. The monoisotopic (exact) mass is 487 g/mol. The second-order valence-electron chi connectivity index (χ2n) is 9.94. The fraction of sp³-hybridized carbons (Fsp3) is 0.429. The number of rotatable bonds is 5. The molecule has 2 atom stereocenters. The van der Waals surface area contributed by atoms with E-state index >= 15 is 0 Å². The number of aromatic nitrogens is 2. The summed E-state index contributed by atoms with van der Waals surface area (Å²) in [6.45, 7) is 1.92. The molecule has 2 fully saturated rings. The number of hydrogen-bond acceptors (Lipinski definition) is 6. The Kier molecular flexibility index (Phi) is 6.95. The van der Waals surface area contributed by atoms with Crippen molar-refractivity contribution in [1.29, 1.82) is 5.26 Å². The van der Waals surface area contributed by atoms with Crippen LogP contribution in [0.4, 0.5) is 4.39 Å². The van der Waals surface area contributed by atoms with E-state index in [1.807, 2.05) is 18.2 Å². The zero-order valence-electron chi connectivity index (χ0n) is 20.2. The minimum absolute atomic E-state index is 0.153. The van der Waals surface area contributed by atoms with Crippen LogP contribution in [0.5, 0.6) is 0 Å². The number of fused-ring (bicyclic) bond motifs is 1.